The van der Waals surface area contributed by atoms with E-state index in [0.717, 1.165) is 5.92 Å². The zero-order chi connectivity index (χ0) is 9.23. The maximum Gasteiger partial charge on any atom is 0.00371 e. The summed E-state index contributed by atoms with van der Waals surface area (Å²) in [6.07, 6.45) is 8.31. The van der Waals surface area contributed by atoms with Gasteiger partial charge in [-0.3, -0.25) is 0 Å². The minimum Gasteiger partial charge on any atom is -0.111 e. The number of rotatable bonds is 8. The fourth-order valence-corrected chi connectivity index (χ4v) is 2.21. The van der Waals surface area contributed by atoms with Gasteiger partial charge in [0.25, 0.3) is 0 Å². The molecule has 0 aromatic carbocycles. The fraction of sp³-hybridized carbons (Fsp3) is 1.00. The highest BCUT2D eigenvalue weighted by Gasteiger charge is 2.04. The standard InChI is InChI=1S/C10H22S2/c1-3-5-6-7-10(4-2)8-9-12-11/h10-11H,3-9H2,1-2H3. The van der Waals surface area contributed by atoms with Crippen molar-refractivity contribution in [3.8, 4) is 0 Å². The molecule has 12 heavy (non-hydrogen) atoms. The molecule has 0 aliphatic carbocycles. The molecule has 0 saturated heterocycles. The predicted molar refractivity (Wildman–Crippen MR) is 64.0 cm³/mol. The highest BCUT2D eigenvalue weighted by molar-refractivity contribution is 8.68. The van der Waals surface area contributed by atoms with Gasteiger partial charge in [0.2, 0.25) is 0 Å². The average Bonchev–Trinajstić information content (AvgIpc) is 2.11. The Balaban J connectivity index is 3.26. The molecule has 0 aliphatic rings. The first-order valence-electron chi connectivity index (χ1n) is 5.11. The summed E-state index contributed by atoms with van der Waals surface area (Å²) in [5, 5.41) is 0. The van der Waals surface area contributed by atoms with Crippen LogP contribution in [0.2, 0.25) is 0 Å². The van der Waals surface area contributed by atoms with Crippen molar-refractivity contribution in [1.82, 2.24) is 0 Å². The number of hydrogen-bond acceptors (Lipinski definition) is 2. The molecule has 0 radical (unpaired) electrons. The summed E-state index contributed by atoms with van der Waals surface area (Å²) in [6.45, 7) is 4.57. The van der Waals surface area contributed by atoms with Gasteiger partial charge in [0, 0.05) is 5.75 Å². The van der Waals surface area contributed by atoms with Crippen LogP contribution in [0.1, 0.15) is 52.4 Å². The molecule has 0 bridgehead atoms. The van der Waals surface area contributed by atoms with Crippen LogP contribution in [0.25, 0.3) is 0 Å². The number of unbranched alkanes of at least 4 members (excludes halogenated alkanes) is 2. The molecule has 0 aromatic rings. The van der Waals surface area contributed by atoms with Gasteiger partial charge >= 0.3 is 0 Å². The lowest BCUT2D eigenvalue weighted by Crippen LogP contribution is -1.99. The molecule has 0 rings (SSSR count). The van der Waals surface area contributed by atoms with Crippen molar-refractivity contribution in [2.45, 2.75) is 52.4 Å². The lowest BCUT2D eigenvalue weighted by Gasteiger charge is -2.12. The first-order chi connectivity index (χ1) is 5.85. The molecule has 0 amide bonds. The van der Waals surface area contributed by atoms with E-state index in [1.807, 2.05) is 0 Å². The summed E-state index contributed by atoms with van der Waals surface area (Å²) >= 11 is 4.16. The third kappa shape index (κ3) is 7.35. The first kappa shape index (κ1) is 12.7. The van der Waals surface area contributed by atoms with Gasteiger partial charge in [0.15, 0.2) is 0 Å². The smallest absolute Gasteiger partial charge is 0.00371 e. The van der Waals surface area contributed by atoms with Gasteiger partial charge in [-0.15, -0.1) is 11.7 Å². The second kappa shape index (κ2) is 9.79. The molecule has 0 N–H and O–H groups in total. The maximum absolute atomic E-state index is 4.16. The van der Waals surface area contributed by atoms with E-state index >= 15 is 0 Å². The van der Waals surface area contributed by atoms with Gasteiger partial charge in [-0.2, -0.15) is 0 Å². The monoisotopic (exact) mass is 206 g/mol. The van der Waals surface area contributed by atoms with E-state index in [0.29, 0.717) is 0 Å². The van der Waals surface area contributed by atoms with E-state index in [2.05, 4.69) is 25.5 Å². The van der Waals surface area contributed by atoms with Crippen molar-refractivity contribution >= 4 is 22.5 Å². The Morgan fingerprint density at radius 2 is 1.92 bits per heavy atom. The van der Waals surface area contributed by atoms with Crippen molar-refractivity contribution in [3.05, 3.63) is 0 Å². The van der Waals surface area contributed by atoms with Gasteiger partial charge < -0.3 is 0 Å². The average molecular weight is 206 g/mol. The molecule has 0 spiro atoms. The molecular formula is C10H22S2. The van der Waals surface area contributed by atoms with Crippen molar-refractivity contribution in [1.29, 1.82) is 0 Å². The Morgan fingerprint density at radius 3 is 2.42 bits per heavy atom. The Hall–Kier alpha value is 0.700. The molecule has 0 heterocycles. The minimum absolute atomic E-state index is 0.955. The van der Waals surface area contributed by atoms with E-state index in [1.54, 1.807) is 10.8 Å². The molecule has 0 nitrogen and oxygen atoms in total. The predicted octanol–water partition coefficient (Wildman–Crippen LogP) is 4.56. The third-order valence-corrected chi connectivity index (χ3v) is 3.38. The largest absolute Gasteiger partial charge is 0.111 e. The fourth-order valence-electron chi connectivity index (χ4n) is 1.45. The van der Waals surface area contributed by atoms with Crippen LogP contribution in [0.3, 0.4) is 0 Å². The Morgan fingerprint density at radius 1 is 1.17 bits per heavy atom. The first-order valence-corrected chi connectivity index (χ1v) is 7.15. The Bertz CT molecular complexity index is 83.9. The highest BCUT2D eigenvalue weighted by atomic mass is 33.1. The summed E-state index contributed by atoms with van der Waals surface area (Å²) < 4.78 is 0. The molecule has 1 atom stereocenters. The van der Waals surface area contributed by atoms with E-state index < -0.39 is 0 Å². The lowest BCUT2D eigenvalue weighted by atomic mass is 9.96. The normalized spacial score (nSPS) is 13.2. The van der Waals surface area contributed by atoms with Gasteiger partial charge in [0.05, 0.1) is 0 Å². The molecule has 0 aliphatic heterocycles. The van der Waals surface area contributed by atoms with E-state index in [-0.39, 0.29) is 0 Å². The van der Waals surface area contributed by atoms with Gasteiger partial charge in [-0.25, -0.2) is 0 Å². The minimum atomic E-state index is 0.955. The van der Waals surface area contributed by atoms with Crippen LogP contribution in [0, 0.1) is 5.92 Å². The third-order valence-electron chi connectivity index (χ3n) is 2.41. The Labute approximate surface area is 86.7 Å². The topological polar surface area (TPSA) is 0 Å². The lowest BCUT2D eigenvalue weighted by molar-refractivity contribution is 0.436. The highest BCUT2D eigenvalue weighted by Crippen LogP contribution is 2.20. The van der Waals surface area contributed by atoms with E-state index in [1.165, 1.54) is 44.3 Å². The zero-order valence-corrected chi connectivity index (χ0v) is 10.1. The van der Waals surface area contributed by atoms with Crippen LogP contribution in [-0.2, 0) is 0 Å². The molecule has 0 fully saturated rings. The van der Waals surface area contributed by atoms with Crippen LogP contribution >= 0.6 is 22.5 Å². The second-order valence-electron chi connectivity index (χ2n) is 3.39. The zero-order valence-electron chi connectivity index (χ0n) is 8.38. The van der Waals surface area contributed by atoms with Crippen molar-refractivity contribution in [2.75, 3.05) is 5.75 Å². The van der Waals surface area contributed by atoms with Gasteiger partial charge in [-0.05, 0) is 12.3 Å². The van der Waals surface area contributed by atoms with Crippen LogP contribution in [0.4, 0.5) is 0 Å². The van der Waals surface area contributed by atoms with Gasteiger partial charge in [0.1, 0.15) is 0 Å². The SMILES string of the molecule is CCCCCC(CC)CCSS. The molecule has 2 heteroatoms. The van der Waals surface area contributed by atoms with Crippen LogP contribution in [-0.4, -0.2) is 5.75 Å². The summed E-state index contributed by atoms with van der Waals surface area (Å²) in [5.41, 5.74) is 0. The molecular weight excluding hydrogens is 184 g/mol. The van der Waals surface area contributed by atoms with Crippen molar-refractivity contribution in [3.63, 3.8) is 0 Å². The summed E-state index contributed by atoms with van der Waals surface area (Å²) in [4.78, 5) is 0. The van der Waals surface area contributed by atoms with E-state index in [4.69, 9.17) is 0 Å². The molecule has 1 unspecified atom stereocenters. The second-order valence-corrected chi connectivity index (χ2v) is 4.83. The number of hydrogen-bond donors (Lipinski definition) is 1. The van der Waals surface area contributed by atoms with Crippen molar-refractivity contribution < 1.29 is 0 Å². The quantitative estimate of drug-likeness (QED) is 0.345. The molecule has 74 valence electrons. The number of thiol groups is 1. The summed E-state index contributed by atoms with van der Waals surface area (Å²) in [5.74, 6) is 2.17. The van der Waals surface area contributed by atoms with Crippen molar-refractivity contribution in [2.24, 2.45) is 5.92 Å². The molecule has 0 saturated carbocycles. The summed E-state index contributed by atoms with van der Waals surface area (Å²) in [7, 11) is 1.68. The van der Waals surface area contributed by atoms with Gasteiger partial charge in [-0.1, -0.05) is 56.7 Å². The maximum atomic E-state index is 4.16. The van der Waals surface area contributed by atoms with Crippen LogP contribution in [0.15, 0.2) is 0 Å². The molecule has 0 aromatic heterocycles. The van der Waals surface area contributed by atoms with E-state index in [9.17, 15) is 0 Å². The van der Waals surface area contributed by atoms with Crippen LogP contribution in [0.5, 0.6) is 0 Å². The summed E-state index contributed by atoms with van der Waals surface area (Å²) in [6, 6.07) is 0. The van der Waals surface area contributed by atoms with Crippen LogP contribution < -0.4 is 0 Å². The Kier molecular flexibility index (Phi) is 10.4.